The number of nitrogens with one attached hydrogen (secondary N) is 1. The number of hydrogen-bond acceptors (Lipinski definition) is 3. The fourth-order valence-corrected chi connectivity index (χ4v) is 1.61. The van der Waals surface area contributed by atoms with Crippen LogP contribution >= 0.6 is 0 Å². The zero-order chi connectivity index (χ0) is 11.3. The van der Waals surface area contributed by atoms with E-state index in [2.05, 4.69) is 16.6 Å². The zero-order valence-corrected chi connectivity index (χ0v) is 9.84. The Bertz CT molecular complexity index is 398. The van der Waals surface area contributed by atoms with Crippen molar-refractivity contribution in [3.63, 3.8) is 0 Å². The van der Waals surface area contributed by atoms with Gasteiger partial charge in [0, 0.05) is 18.4 Å². The quantitative estimate of drug-likeness (QED) is 0.820. The number of aromatic nitrogens is 1. The molecule has 0 aliphatic rings. The summed E-state index contributed by atoms with van der Waals surface area (Å²) < 4.78 is 24.1. The van der Waals surface area contributed by atoms with E-state index in [4.69, 9.17) is 0 Å². The molecule has 0 saturated carbocycles. The molecule has 1 rings (SSSR count). The normalized spacial score (nSPS) is 11.6. The Balaban J connectivity index is 2.57. The van der Waals surface area contributed by atoms with Gasteiger partial charge in [0.2, 0.25) is 10.0 Å². The summed E-state index contributed by atoms with van der Waals surface area (Å²) in [6.07, 6.45) is 4.88. The molecule has 0 atom stereocenters. The van der Waals surface area contributed by atoms with Crippen LogP contribution in [0.4, 0.5) is 0 Å². The molecule has 0 bridgehead atoms. The molecule has 1 heterocycles. The second-order valence-corrected chi connectivity index (χ2v) is 5.33. The van der Waals surface area contributed by atoms with Crippen molar-refractivity contribution in [1.29, 1.82) is 0 Å². The second kappa shape index (κ2) is 5.23. The van der Waals surface area contributed by atoms with E-state index >= 15 is 0 Å². The van der Waals surface area contributed by atoms with Crippen molar-refractivity contribution in [2.45, 2.75) is 26.3 Å². The van der Waals surface area contributed by atoms with Crippen molar-refractivity contribution in [3.05, 3.63) is 29.6 Å². The van der Waals surface area contributed by atoms with Crippen LogP contribution in [-0.2, 0) is 23.0 Å². The minimum Gasteiger partial charge on any atom is -0.261 e. The van der Waals surface area contributed by atoms with Crippen molar-refractivity contribution in [2.75, 3.05) is 6.26 Å². The smallest absolute Gasteiger partial charge is 0.209 e. The lowest BCUT2D eigenvalue weighted by Crippen LogP contribution is -2.21. The van der Waals surface area contributed by atoms with Gasteiger partial charge in [-0.3, -0.25) is 4.98 Å². The van der Waals surface area contributed by atoms with Crippen LogP contribution in [0.2, 0.25) is 0 Å². The lowest BCUT2D eigenvalue weighted by atomic mass is 10.2. The molecule has 0 aliphatic carbocycles. The van der Waals surface area contributed by atoms with Crippen molar-refractivity contribution >= 4 is 10.0 Å². The fourth-order valence-electron chi connectivity index (χ4n) is 1.18. The van der Waals surface area contributed by atoms with Crippen LogP contribution in [0.1, 0.15) is 24.6 Å². The first kappa shape index (κ1) is 12.1. The van der Waals surface area contributed by atoms with Gasteiger partial charge >= 0.3 is 0 Å². The van der Waals surface area contributed by atoms with Gasteiger partial charge in [-0.05, 0) is 18.1 Å². The summed E-state index contributed by atoms with van der Waals surface area (Å²) in [6.45, 7) is 2.40. The van der Waals surface area contributed by atoms with Gasteiger partial charge in [0.25, 0.3) is 0 Å². The highest BCUT2D eigenvalue weighted by Crippen LogP contribution is 2.02. The van der Waals surface area contributed by atoms with Gasteiger partial charge in [-0.15, -0.1) is 0 Å². The average molecular weight is 228 g/mol. The molecule has 0 unspecified atom stereocenters. The molecule has 0 spiro atoms. The lowest BCUT2D eigenvalue weighted by Gasteiger charge is -2.03. The van der Waals surface area contributed by atoms with Gasteiger partial charge in [-0.2, -0.15) is 0 Å². The topological polar surface area (TPSA) is 59.1 Å². The lowest BCUT2D eigenvalue weighted by molar-refractivity contribution is 0.587. The summed E-state index contributed by atoms with van der Waals surface area (Å²) in [4.78, 5) is 4.23. The van der Waals surface area contributed by atoms with Crippen LogP contribution in [-0.4, -0.2) is 19.7 Å². The van der Waals surface area contributed by atoms with Crippen LogP contribution in [0, 0.1) is 0 Å². The largest absolute Gasteiger partial charge is 0.261 e. The summed E-state index contributed by atoms with van der Waals surface area (Å²) >= 11 is 0. The van der Waals surface area contributed by atoms with Gasteiger partial charge < -0.3 is 0 Å². The summed E-state index contributed by atoms with van der Waals surface area (Å²) in [5.41, 5.74) is 1.92. The van der Waals surface area contributed by atoms with Gasteiger partial charge in [0.15, 0.2) is 0 Å². The maximum atomic E-state index is 10.8. The minimum absolute atomic E-state index is 0.304. The first-order valence-electron chi connectivity index (χ1n) is 4.89. The first-order valence-corrected chi connectivity index (χ1v) is 6.79. The Morgan fingerprint density at radius 1 is 1.40 bits per heavy atom. The van der Waals surface area contributed by atoms with Gasteiger partial charge in [0.05, 0.1) is 6.26 Å². The monoisotopic (exact) mass is 228 g/mol. The van der Waals surface area contributed by atoms with E-state index in [0.717, 1.165) is 30.4 Å². The molecule has 1 N–H and O–H groups in total. The maximum absolute atomic E-state index is 10.8. The Morgan fingerprint density at radius 2 is 2.13 bits per heavy atom. The Labute approximate surface area is 90.8 Å². The third-order valence-electron chi connectivity index (χ3n) is 1.93. The molecule has 4 nitrogen and oxygen atoms in total. The van der Waals surface area contributed by atoms with Crippen molar-refractivity contribution < 1.29 is 8.42 Å². The molecule has 0 fully saturated rings. The molecule has 0 amide bonds. The standard InChI is InChI=1S/C10H16N2O2S/c1-3-4-10-6-5-9(7-11-10)8-12-15(2,13)14/h5-7,12H,3-4,8H2,1-2H3. The summed E-state index contributed by atoms with van der Waals surface area (Å²) in [6, 6.07) is 3.83. The molecule has 15 heavy (non-hydrogen) atoms. The Kier molecular flexibility index (Phi) is 4.23. The van der Waals surface area contributed by atoms with Gasteiger partial charge in [0.1, 0.15) is 0 Å². The summed E-state index contributed by atoms with van der Waals surface area (Å²) in [7, 11) is -3.12. The Hall–Kier alpha value is -0.940. The number of aryl methyl sites for hydroxylation is 1. The van der Waals surface area contributed by atoms with E-state index in [1.807, 2.05) is 12.1 Å². The molecular weight excluding hydrogens is 212 g/mol. The van der Waals surface area contributed by atoms with E-state index in [-0.39, 0.29) is 0 Å². The molecule has 0 aliphatic heterocycles. The predicted molar refractivity (Wildman–Crippen MR) is 59.9 cm³/mol. The van der Waals surface area contributed by atoms with E-state index in [1.165, 1.54) is 0 Å². The van der Waals surface area contributed by atoms with E-state index < -0.39 is 10.0 Å². The highest BCUT2D eigenvalue weighted by atomic mass is 32.2. The van der Waals surface area contributed by atoms with E-state index in [0.29, 0.717) is 6.54 Å². The number of pyridine rings is 1. The zero-order valence-electron chi connectivity index (χ0n) is 9.03. The van der Waals surface area contributed by atoms with Crippen LogP contribution in [0.25, 0.3) is 0 Å². The number of rotatable bonds is 5. The molecule has 84 valence electrons. The fraction of sp³-hybridized carbons (Fsp3) is 0.500. The Morgan fingerprint density at radius 3 is 2.60 bits per heavy atom. The van der Waals surface area contributed by atoms with Crippen LogP contribution in [0.15, 0.2) is 18.3 Å². The minimum atomic E-state index is -3.12. The van der Waals surface area contributed by atoms with Crippen molar-refractivity contribution in [2.24, 2.45) is 0 Å². The highest BCUT2D eigenvalue weighted by molar-refractivity contribution is 7.88. The van der Waals surface area contributed by atoms with Gasteiger partial charge in [-0.1, -0.05) is 19.4 Å². The highest BCUT2D eigenvalue weighted by Gasteiger charge is 2.01. The summed E-state index contributed by atoms with van der Waals surface area (Å²) in [5.74, 6) is 0. The van der Waals surface area contributed by atoms with Crippen LogP contribution in [0.5, 0.6) is 0 Å². The molecule has 1 aromatic heterocycles. The number of hydrogen-bond donors (Lipinski definition) is 1. The predicted octanol–water partition coefficient (Wildman–Crippen LogP) is 1.08. The van der Waals surface area contributed by atoms with Crippen LogP contribution in [0.3, 0.4) is 0 Å². The first-order chi connectivity index (χ1) is 7.01. The molecule has 1 aromatic rings. The third kappa shape index (κ3) is 4.90. The van der Waals surface area contributed by atoms with E-state index in [1.54, 1.807) is 6.20 Å². The molecule has 0 radical (unpaired) electrons. The van der Waals surface area contributed by atoms with Crippen molar-refractivity contribution in [3.8, 4) is 0 Å². The number of sulfonamides is 1. The molecular formula is C10H16N2O2S. The average Bonchev–Trinajstić information content (AvgIpc) is 2.16. The number of nitrogens with zero attached hydrogens (tertiary/aromatic N) is 1. The van der Waals surface area contributed by atoms with E-state index in [9.17, 15) is 8.42 Å². The molecule has 0 saturated heterocycles. The SMILES string of the molecule is CCCc1ccc(CNS(C)(=O)=O)cn1. The van der Waals surface area contributed by atoms with Crippen molar-refractivity contribution in [1.82, 2.24) is 9.71 Å². The second-order valence-electron chi connectivity index (χ2n) is 3.50. The third-order valence-corrected chi connectivity index (χ3v) is 2.60. The molecule has 5 heteroatoms. The summed E-state index contributed by atoms with van der Waals surface area (Å²) in [5, 5.41) is 0. The van der Waals surface area contributed by atoms with Gasteiger partial charge in [-0.25, -0.2) is 13.1 Å². The maximum Gasteiger partial charge on any atom is 0.209 e. The molecule has 0 aromatic carbocycles. The van der Waals surface area contributed by atoms with Crippen LogP contribution < -0.4 is 4.72 Å².